The van der Waals surface area contributed by atoms with Crippen LogP contribution in [0.1, 0.15) is 24.0 Å². The molecule has 0 fully saturated rings. The molecule has 1 rings (SSSR count). The average molecular weight is 203 g/mol. The minimum absolute atomic E-state index is 0.227. The van der Waals surface area contributed by atoms with Gasteiger partial charge in [-0.05, 0) is 24.5 Å². The lowest BCUT2D eigenvalue weighted by Crippen LogP contribution is -1.96. The number of rotatable bonds is 4. The summed E-state index contributed by atoms with van der Waals surface area (Å²) in [5, 5.41) is 8.78. The zero-order chi connectivity index (χ0) is 10.9. The number of aliphatic hydroxyl groups excluding tert-OH is 1. The molecule has 0 amide bonds. The zero-order valence-corrected chi connectivity index (χ0v) is 8.87. The van der Waals surface area contributed by atoms with Crippen molar-refractivity contribution in [3.8, 4) is 11.8 Å². The average Bonchev–Trinajstić information content (AvgIpc) is 2.28. The van der Waals surface area contributed by atoms with E-state index in [0.29, 0.717) is 6.54 Å². The van der Waals surface area contributed by atoms with Crippen LogP contribution in [0, 0.1) is 11.8 Å². The SMILES string of the molecule is NCCC#Cc1ccccc1CCCO. The third-order valence-electron chi connectivity index (χ3n) is 2.11. The fourth-order valence-electron chi connectivity index (χ4n) is 1.36. The van der Waals surface area contributed by atoms with Crippen molar-refractivity contribution >= 4 is 0 Å². The second kappa shape index (κ2) is 7.05. The van der Waals surface area contributed by atoms with Gasteiger partial charge in [0.05, 0.1) is 0 Å². The van der Waals surface area contributed by atoms with Crippen molar-refractivity contribution < 1.29 is 5.11 Å². The van der Waals surface area contributed by atoms with Crippen molar-refractivity contribution in [2.45, 2.75) is 19.3 Å². The molecule has 0 radical (unpaired) electrons. The van der Waals surface area contributed by atoms with Crippen LogP contribution in [-0.4, -0.2) is 18.3 Å². The smallest absolute Gasteiger partial charge is 0.0434 e. The first-order valence-electron chi connectivity index (χ1n) is 5.26. The molecule has 3 N–H and O–H groups in total. The standard InChI is InChI=1S/C13H17NO/c14-10-4-3-8-12-6-1-2-7-13(12)9-5-11-15/h1-2,6-7,15H,4-5,9-11,14H2. The van der Waals surface area contributed by atoms with Crippen LogP contribution in [0.15, 0.2) is 24.3 Å². The van der Waals surface area contributed by atoms with E-state index in [0.717, 1.165) is 24.8 Å². The van der Waals surface area contributed by atoms with Gasteiger partial charge in [0.2, 0.25) is 0 Å². The van der Waals surface area contributed by atoms with Crippen LogP contribution in [0.5, 0.6) is 0 Å². The predicted molar refractivity (Wildman–Crippen MR) is 62.4 cm³/mol. The number of aryl methyl sites for hydroxylation is 1. The molecule has 0 aliphatic heterocycles. The van der Waals surface area contributed by atoms with Gasteiger partial charge < -0.3 is 10.8 Å². The Morgan fingerprint density at radius 3 is 2.80 bits per heavy atom. The highest BCUT2D eigenvalue weighted by molar-refractivity contribution is 5.41. The van der Waals surface area contributed by atoms with Gasteiger partial charge in [-0.25, -0.2) is 0 Å². The molecule has 0 saturated heterocycles. The van der Waals surface area contributed by atoms with E-state index in [1.54, 1.807) is 0 Å². The Hall–Kier alpha value is -1.30. The van der Waals surface area contributed by atoms with Crippen molar-refractivity contribution in [3.05, 3.63) is 35.4 Å². The Morgan fingerprint density at radius 1 is 1.27 bits per heavy atom. The largest absolute Gasteiger partial charge is 0.396 e. The fraction of sp³-hybridized carbons (Fsp3) is 0.385. The van der Waals surface area contributed by atoms with E-state index in [4.69, 9.17) is 10.8 Å². The van der Waals surface area contributed by atoms with Crippen LogP contribution in [0.25, 0.3) is 0 Å². The van der Waals surface area contributed by atoms with E-state index < -0.39 is 0 Å². The summed E-state index contributed by atoms with van der Waals surface area (Å²) >= 11 is 0. The normalized spacial score (nSPS) is 9.47. The van der Waals surface area contributed by atoms with E-state index in [1.165, 1.54) is 5.56 Å². The van der Waals surface area contributed by atoms with Crippen LogP contribution in [0.4, 0.5) is 0 Å². The molecule has 2 nitrogen and oxygen atoms in total. The van der Waals surface area contributed by atoms with E-state index in [9.17, 15) is 0 Å². The molecule has 1 aromatic rings. The Labute approximate surface area is 91.1 Å². The first-order chi connectivity index (χ1) is 7.38. The molecule has 0 heterocycles. The van der Waals surface area contributed by atoms with Gasteiger partial charge in [-0.2, -0.15) is 0 Å². The monoisotopic (exact) mass is 203 g/mol. The molecule has 80 valence electrons. The maximum absolute atomic E-state index is 8.78. The van der Waals surface area contributed by atoms with Crippen molar-refractivity contribution in [1.29, 1.82) is 0 Å². The van der Waals surface area contributed by atoms with Gasteiger partial charge in [0.1, 0.15) is 0 Å². The summed E-state index contributed by atoms with van der Waals surface area (Å²) in [6, 6.07) is 8.05. The van der Waals surface area contributed by atoms with Crippen molar-refractivity contribution in [3.63, 3.8) is 0 Å². The van der Waals surface area contributed by atoms with Gasteiger partial charge in [0, 0.05) is 25.1 Å². The fourth-order valence-corrected chi connectivity index (χ4v) is 1.36. The Bertz CT molecular complexity index is 349. The van der Waals surface area contributed by atoms with Gasteiger partial charge >= 0.3 is 0 Å². The lowest BCUT2D eigenvalue weighted by molar-refractivity contribution is 0.288. The quantitative estimate of drug-likeness (QED) is 0.725. The van der Waals surface area contributed by atoms with Gasteiger partial charge in [-0.1, -0.05) is 30.0 Å². The van der Waals surface area contributed by atoms with E-state index in [-0.39, 0.29) is 6.61 Å². The highest BCUT2D eigenvalue weighted by Gasteiger charge is 1.97. The molecule has 0 aliphatic rings. The van der Waals surface area contributed by atoms with Crippen LogP contribution >= 0.6 is 0 Å². The van der Waals surface area contributed by atoms with Crippen LogP contribution in [0.2, 0.25) is 0 Å². The molecule has 0 aliphatic carbocycles. The van der Waals surface area contributed by atoms with Crippen molar-refractivity contribution in [2.75, 3.05) is 13.2 Å². The number of benzene rings is 1. The molecule has 1 aromatic carbocycles. The molecular weight excluding hydrogens is 186 g/mol. The summed E-state index contributed by atoms with van der Waals surface area (Å²) in [5.41, 5.74) is 7.64. The highest BCUT2D eigenvalue weighted by Crippen LogP contribution is 2.09. The maximum atomic E-state index is 8.78. The summed E-state index contributed by atoms with van der Waals surface area (Å²) in [6.07, 6.45) is 2.40. The minimum Gasteiger partial charge on any atom is -0.396 e. The Balaban J connectivity index is 2.73. The van der Waals surface area contributed by atoms with Crippen LogP contribution in [0.3, 0.4) is 0 Å². The minimum atomic E-state index is 0.227. The molecular formula is C13H17NO. The van der Waals surface area contributed by atoms with Crippen LogP contribution in [-0.2, 0) is 6.42 Å². The molecule has 2 heteroatoms. The Kier molecular flexibility index (Phi) is 5.54. The number of nitrogens with two attached hydrogens (primary N) is 1. The van der Waals surface area contributed by atoms with Crippen LogP contribution < -0.4 is 5.73 Å². The molecule has 0 bridgehead atoms. The lowest BCUT2D eigenvalue weighted by Gasteiger charge is -2.02. The van der Waals surface area contributed by atoms with Gasteiger partial charge in [-0.15, -0.1) is 0 Å². The molecule has 0 saturated carbocycles. The number of hydrogen-bond donors (Lipinski definition) is 2. The van der Waals surface area contributed by atoms with Crippen molar-refractivity contribution in [2.24, 2.45) is 5.73 Å². The summed E-state index contributed by atoms with van der Waals surface area (Å²) in [4.78, 5) is 0. The summed E-state index contributed by atoms with van der Waals surface area (Å²) < 4.78 is 0. The Morgan fingerprint density at radius 2 is 2.07 bits per heavy atom. The number of hydrogen-bond acceptors (Lipinski definition) is 2. The summed E-state index contributed by atoms with van der Waals surface area (Å²) in [5.74, 6) is 6.14. The molecule has 0 unspecified atom stereocenters. The first kappa shape index (κ1) is 11.8. The second-order valence-electron chi connectivity index (χ2n) is 3.32. The predicted octanol–water partition coefficient (Wildman–Crippen LogP) is 1.31. The zero-order valence-electron chi connectivity index (χ0n) is 8.87. The molecule has 0 aromatic heterocycles. The van der Waals surface area contributed by atoms with Gasteiger partial charge in [-0.3, -0.25) is 0 Å². The molecule has 0 atom stereocenters. The van der Waals surface area contributed by atoms with E-state index >= 15 is 0 Å². The molecule has 15 heavy (non-hydrogen) atoms. The third-order valence-corrected chi connectivity index (χ3v) is 2.11. The van der Waals surface area contributed by atoms with Gasteiger partial charge in [0.15, 0.2) is 0 Å². The third kappa shape index (κ3) is 4.16. The van der Waals surface area contributed by atoms with Gasteiger partial charge in [0.25, 0.3) is 0 Å². The second-order valence-corrected chi connectivity index (χ2v) is 3.32. The maximum Gasteiger partial charge on any atom is 0.0434 e. The highest BCUT2D eigenvalue weighted by atomic mass is 16.2. The first-order valence-corrected chi connectivity index (χ1v) is 5.26. The summed E-state index contributed by atoms with van der Waals surface area (Å²) in [6.45, 7) is 0.830. The van der Waals surface area contributed by atoms with E-state index in [1.807, 2.05) is 18.2 Å². The van der Waals surface area contributed by atoms with E-state index in [2.05, 4.69) is 17.9 Å². The molecule has 0 spiro atoms. The topological polar surface area (TPSA) is 46.2 Å². The van der Waals surface area contributed by atoms with Crippen molar-refractivity contribution in [1.82, 2.24) is 0 Å². The lowest BCUT2D eigenvalue weighted by atomic mass is 10.0. The summed E-state index contributed by atoms with van der Waals surface area (Å²) in [7, 11) is 0. The number of aliphatic hydroxyl groups is 1.